The monoisotopic (exact) mass is 256 g/mol. The number of nitrogens with one attached hydrogen (secondary N) is 1. The first kappa shape index (κ1) is 12.4. The number of fused-ring (bicyclic) bond motifs is 1. The molecule has 1 heterocycles. The van der Waals surface area contributed by atoms with Crippen LogP contribution in [0.1, 0.15) is 25.7 Å². The molecule has 0 bridgehead atoms. The van der Waals surface area contributed by atoms with Crippen molar-refractivity contribution >= 4 is 16.5 Å². The van der Waals surface area contributed by atoms with Gasteiger partial charge >= 0.3 is 0 Å². The molecule has 1 saturated carbocycles. The summed E-state index contributed by atoms with van der Waals surface area (Å²) in [5.74, 6) is 0. The van der Waals surface area contributed by atoms with E-state index < -0.39 is 0 Å². The van der Waals surface area contributed by atoms with Crippen LogP contribution < -0.4 is 5.32 Å². The van der Waals surface area contributed by atoms with Gasteiger partial charge in [0.25, 0.3) is 0 Å². The van der Waals surface area contributed by atoms with Crippen LogP contribution in [0.4, 0.5) is 5.69 Å². The lowest BCUT2D eigenvalue weighted by atomic mass is 9.92. The first-order chi connectivity index (χ1) is 9.36. The van der Waals surface area contributed by atoms with Crippen LogP contribution in [0.25, 0.3) is 10.8 Å². The van der Waals surface area contributed by atoms with Crippen LogP contribution in [0.15, 0.2) is 36.7 Å². The van der Waals surface area contributed by atoms with Crippen LogP contribution in [-0.4, -0.2) is 24.2 Å². The van der Waals surface area contributed by atoms with E-state index in [0.29, 0.717) is 12.1 Å². The Bertz CT molecular complexity index is 550. The van der Waals surface area contributed by atoms with Crippen molar-refractivity contribution in [2.24, 2.45) is 0 Å². The van der Waals surface area contributed by atoms with Gasteiger partial charge in [0.15, 0.2) is 0 Å². The lowest BCUT2D eigenvalue weighted by Crippen LogP contribution is -2.31. The second-order valence-corrected chi connectivity index (χ2v) is 5.27. The van der Waals surface area contributed by atoms with Crippen molar-refractivity contribution in [1.82, 2.24) is 4.98 Å². The predicted molar refractivity (Wildman–Crippen MR) is 78.4 cm³/mol. The van der Waals surface area contributed by atoms with Crippen molar-refractivity contribution in [1.29, 1.82) is 0 Å². The molecule has 1 N–H and O–H groups in total. The van der Waals surface area contributed by atoms with Crippen LogP contribution in [0.2, 0.25) is 0 Å². The van der Waals surface area contributed by atoms with Crippen LogP contribution in [-0.2, 0) is 4.74 Å². The number of hydrogen-bond acceptors (Lipinski definition) is 3. The molecule has 0 radical (unpaired) electrons. The van der Waals surface area contributed by atoms with Gasteiger partial charge in [-0.3, -0.25) is 4.98 Å². The molecule has 0 amide bonds. The van der Waals surface area contributed by atoms with Gasteiger partial charge in [0, 0.05) is 36.6 Å². The zero-order valence-corrected chi connectivity index (χ0v) is 11.3. The van der Waals surface area contributed by atoms with E-state index in [1.54, 1.807) is 0 Å². The lowest BCUT2D eigenvalue weighted by Gasteiger charge is -2.29. The van der Waals surface area contributed by atoms with Gasteiger partial charge in [0.05, 0.1) is 6.10 Å². The highest BCUT2D eigenvalue weighted by Gasteiger charge is 2.21. The van der Waals surface area contributed by atoms with E-state index in [1.807, 2.05) is 19.5 Å². The van der Waals surface area contributed by atoms with Crippen molar-refractivity contribution < 1.29 is 4.74 Å². The predicted octanol–water partition coefficient (Wildman–Crippen LogP) is 3.60. The fourth-order valence-corrected chi connectivity index (χ4v) is 2.95. The van der Waals surface area contributed by atoms with Gasteiger partial charge in [0.1, 0.15) is 0 Å². The Morgan fingerprint density at radius 1 is 1.26 bits per heavy atom. The van der Waals surface area contributed by atoms with Gasteiger partial charge in [0.2, 0.25) is 0 Å². The van der Waals surface area contributed by atoms with E-state index in [0.717, 1.165) is 6.42 Å². The van der Waals surface area contributed by atoms with E-state index in [9.17, 15) is 0 Å². The molecule has 1 aliphatic rings. The van der Waals surface area contributed by atoms with E-state index in [2.05, 4.69) is 34.6 Å². The molecule has 1 aromatic heterocycles. The number of methoxy groups -OCH3 is 1. The summed E-state index contributed by atoms with van der Waals surface area (Å²) in [5, 5.41) is 6.10. The van der Waals surface area contributed by atoms with Gasteiger partial charge in [-0.15, -0.1) is 0 Å². The van der Waals surface area contributed by atoms with Gasteiger partial charge in [-0.05, 0) is 43.2 Å². The SMILES string of the molecule is COC1CCCC(Nc2cccc3ccncc23)C1. The van der Waals surface area contributed by atoms with Crippen molar-refractivity contribution in [2.45, 2.75) is 37.8 Å². The zero-order chi connectivity index (χ0) is 13.1. The number of ether oxygens (including phenoxy) is 1. The number of pyridine rings is 1. The first-order valence-electron chi connectivity index (χ1n) is 6.99. The fourth-order valence-electron chi connectivity index (χ4n) is 2.95. The molecular weight excluding hydrogens is 236 g/mol. The summed E-state index contributed by atoms with van der Waals surface area (Å²) < 4.78 is 5.49. The average Bonchev–Trinajstić information content (AvgIpc) is 2.48. The summed E-state index contributed by atoms with van der Waals surface area (Å²) in [5.41, 5.74) is 1.19. The minimum Gasteiger partial charge on any atom is -0.382 e. The van der Waals surface area contributed by atoms with Gasteiger partial charge < -0.3 is 10.1 Å². The zero-order valence-electron chi connectivity index (χ0n) is 11.3. The maximum atomic E-state index is 5.49. The smallest absolute Gasteiger partial charge is 0.0590 e. The van der Waals surface area contributed by atoms with Crippen molar-refractivity contribution in [3.8, 4) is 0 Å². The number of rotatable bonds is 3. The van der Waals surface area contributed by atoms with E-state index in [4.69, 9.17) is 4.74 Å². The van der Waals surface area contributed by atoms with Gasteiger partial charge in [-0.1, -0.05) is 12.1 Å². The molecule has 2 atom stereocenters. The molecule has 0 aliphatic heterocycles. The number of nitrogens with zero attached hydrogens (tertiary/aromatic N) is 1. The number of aromatic nitrogens is 1. The fraction of sp³-hybridized carbons (Fsp3) is 0.438. The highest BCUT2D eigenvalue weighted by molar-refractivity contribution is 5.93. The molecule has 3 rings (SSSR count). The van der Waals surface area contributed by atoms with Gasteiger partial charge in [-0.25, -0.2) is 0 Å². The number of benzene rings is 1. The van der Waals surface area contributed by atoms with Crippen LogP contribution in [0, 0.1) is 0 Å². The molecule has 100 valence electrons. The minimum absolute atomic E-state index is 0.402. The van der Waals surface area contributed by atoms with Crippen molar-refractivity contribution in [2.75, 3.05) is 12.4 Å². The minimum atomic E-state index is 0.402. The summed E-state index contributed by atoms with van der Waals surface area (Å²) >= 11 is 0. The quantitative estimate of drug-likeness (QED) is 0.911. The summed E-state index contributed by atoms with van der Waals surface area (Å²) in [6.07, 6.45) is 8.91. The molecule has 0 spiro atoms. The Kier molecular flexibility index (Phi) is 3.65. The average molecular weight is 256 g/mol. The standard InChI is InChI=1S/C16H20N2O/c1-19-14-6-3-5-13(10-14)18-16-7-2-4-12-8-9-17-11-15(12)16/h2,4,7-9,11,13-14,18H,3,5-6,10H2,1H3. The van der Waals surface area contributed by atoms with Crippen molar-refractivity contribution in [3.63, 3.8) is 0 Å². The Morgan fingerprint density at radius 2 is 2.21 bits per heavy atom. The molecular formula is C16H20N2O. The Morgan fingerprint density at radius 3 is 3.11 bits per heavy atom. The maximum Gasteiger partial charge on any atom is 0.0590 e. The summed E-state index contributed by atoms with van der Waals surface area (Å²) in [4.78, 5) is 4.23. The molecule has 1 aliphatic carbocycles. The maximum absolute atomic E-state index is 5.49. The largest absolute Gasteiger partial charge is 0.382 e. The summed E-state index contributed by atoms with van der Waals surface area (Å²) in [6, 6.07) is 8.92. The molecule has 1 fully saturated rings. The first-order valence-corrected chi connectivity index (χ1v) is 6.99. The lowest BCUT2D eigenvalue weighted by molar-refractivity contribution is 0.0669. The Hall–Kier alpha value is -1.61. The van der Waals surface area contributed by atoms with Crippen LogP contribution >= 0.6 is 0 Å². The molecule has 3 heteroatoms. The van der Waals surface area contributed by atoms with Crippen molar-refractivity contribution in [3.05, 3.63) is 36.7 Å². The number of anilines is 1. The normalized spacial score (nSPS) is 23.4. The third-order valence-corrected chi connectivity index (χ3v) is 4.00. The van der Waals surface area contributed by atoms with E-state index >= 15 is 0 Å². The third-order valence-electron chi connectivity index (χ3n) is 4.00. The topological polar surface area (TPSA) is 34.1 Å². The van der Waals surface area contributed by atoms with E-state index in [1.165, 1.54) is 35.7 Å². The molecule has 1 aromatic carbocycles. The summed E-state index contributed by atoms with van der Waals surface area (Å²) in [6.45, 7) is 0. The summed E-state index contributed by atoms with van der Waals surface area (Å²) in [7, 11) is 1.81. The Balaban J connectivity index is 1.81. The van der Waals surface area contributed by atoms with E-state index in [-0.39, 0.29) is 0 Å². The molecule has 2 aromatic rings. The third kappa shape index (κ3) is 2.71. The second-order valence-electron chi connectivity index (χ2n) is 5.27. The van der Waals surface area contributed by atoms with Crippen LogP contribution in [0.3, 0.4) is 0 Å². The highest BCUT2D eigenvalue weighted by atomic mass is 16.5. The molecule has 3 nitrogen and oxygen atoms in total. The molecule has 0 saturated heterocycles. The second kappa shape index (κ2) is 5.57. The Labute approximate surface area is 114 Å². The number of hydrogen-bond donors (Lipinski definition) is 1. The molecule has 19 heavy (non-hydrogen) atoms. The molecule has 2 unspecified atom stereocenters. The van der Waals surface area contributed by atoms with Gasteiger partial charge in [-0.2, -0.15) is 0 Å². The highest BCUT2D eigenvalue weighted by Crippen LogP contribution is 2.27. The van der Waals surface area contributed by atoms with Crippen LogP contribution in [0.5, 0.6) is 0 Å².